The van der Waals surface area contributed by atoms with Gasteiger partial charge in [-0.25, -0.2) is 0 Å². The summed E-state index contributed by atoms with van der Waals surface area (Å²) in [4.78, 5) is 16.4. The van der Waals surface area contributed by atoms with Crippen LogP contribution in [-0.4, -0.2) is 18.4 Å². The van der Waals surface area contributed by atoms with Gasteiger partial charge < -0.3 is 5.32 Å². The molecule has 96 valence electrons. The third-order valence-electron chi connectivity index (χ3n) is 2.97. The molecule has 1 fully saturated rings. The molecule has 1 aliphatic heterocycles. The third kappa shape index (κ3) is 2.41. The molecule has 2 N–H and O–H groups in total. The number of amides is 1. The molecule has 2 rings (SSSR count). The van der Waals surface area contributed by atoms with E-state index < -0.39 is 5.54 Å². The highest BCUT2D eigenvalue weighted by Gasteiger charge is 2.42. The van der Waals surface area contributed by atoms with Crippen molar-refractivity contribution in [1.82, 2.24) is 10.6 Å². The lowest BCUT2D eigenvalue weighted by molar-refractivity contribution is -0.123. The number of carbonyl (C=O) groups excluding carboxylic acids is 1. The van der Waals surface area contributed by atoms with Gasteiger partial charge in [-0.3, -0.25) is 15.1 Å². The Balaban J connectivity index is 2.26. The molecule has 1 aromatic carbocycles. The molecule has 1 saturated heterocycles. The van der Waals surface area contributed by atoms with Crippen LogP contribution in [0.5, 0.6) is 0 Å². The predicted octanol–water partition coefficient (Wildman–Crippen LogP) is 2.15. The molecule has 0 bridgehead atoms. The zero-order valence-corrected chi connectivity index (χ0v) is 12.0. The van der Waals surface area contributed by atoms with Crippen molar-refractivity contribution in [3.63, 3.8) is 0 Å². The van der Waals surface area contributed by atoms with Crippen LogP contribution < -0.4 is 10.6 Å². The van der Waals surface area contributed by atoms with E-state index in [1.54, 1.807) is 0 Å². The maximum absolute atomic E-state index is 12.1. The molecule has 1 heterocycles. The maximum Gasteiger partial charge on any atom is 0.256 e. The Morgan fingerprint density at radius 2 is 2.00 bits per heavy atom. The van der Waals surface area contributed by atoms with E-state index in [1.807, 2.05) is 31.2 Å². The first-order chi connectivity index (χ1) is 8.56. The number of benzene rings is 1. The first-order valence-electron chi connectivity index (χ1n) is 5.96. The fourth-order valence-corrected chi connectivity index (χ4v) is 2.11. The Hall–Kier alpha value is -1.36. The molecule has 0 radical (unpaired) electrons. The van der Waals surface area contributed by atoms with E-state index in [4.69, 9.17) is 0 Å². The highest BCUT2D eigenvalue weighted by atomic mass is 79.9. The van der Waals surface area contributed by atoms with Crippen molar-refractivity contribution in [3.8, 4) is 0 Å². The fraction of sp³-hybridized carbons (Fsp3) is 0.385. The molecular formula is C13H16BrN3O. The number of aliphatic imine (C=N–C) groups is 1. The van der Waals surface area contributed by atoms with Crippen LogP contribution in [0.25, 0.3) is 0 Å². The van der Waals surface area contributed by atoms with Crippen LogP contribution in [0.4, 0.5) is 0 Å². The van der Waals surface area contributed by atoms with Gasteiger partial charge in [0.1, 0.15) is 5.54 Å². The average Bonchev–Trinajstić information content (AvgIpc) is 2.64. The summed E-state index contributed by atoms with van der Waals surface area (Å²) in [5.74, 6) is 0.493. The van der Waals surface area contributed by atoms with Gasteiger partial charge in [0.05, 0.1) is 0 Å². The van der Waals surface area contributed by atoms with Crippen molar-refractivity contribution in [1.29, 1.82) is 0 Å². The standard InChI is InChI=1S/C13H16BrN3O/c1-3-8-15-12-16-11(18)13(2,17-12)9-4-6-10(14)7-5-9/h4-7H,3,8H2,1-2H3,(H2,15,16,17,18). The Kier molecular flexibility index (Phi) is 3.71. The van der Waals surface area contributed by atoms with Gasteiger partial charge in [-0.15, -0.1) is 0 Å². The van der Waals surface area contributed by atoms with Gasteiger partial charge in [0.15, 0.2) is 5.96 Å². The van der Waals surface area contributed by atoms with Crippen molar-refractivity contribution < 1.29 is 4.79 Å². The average molecular weight is 310 g/mol. The second-order valence-corrected chi connectivity index (χ2v) is 5.36. The largest absolute Gasteiger partial charge is 0.338 e. The number of carbonyl (C=O) groups is 1. The topological polar surface area (TPSA) is 53.5 Å². The van der Waals surface area contributed by atoms with Crippen LogP contribution in [0.1, 0.15) is 25.8 Å². The van der Waals surface area contributed by atoms with Crippen LogP contribution in [-0.2, 0) is 10.3 Å². The zero-order chi connectivity index (χ0) is 13.2. The summed E-state index contributed by atoms with van der Waals surface area (Å²) in [6.07, 6.45) is 0.954. The normalized spacial score (nSPS) is 25.1. The highest BCUT2D eigenvalue weighted by molar-refractivity contribution is 9.10. The van der Waals surface area contributed by atoms with Crippen molar-refractivity contribution >= 4 is 27.8 Å². The number of halogens is 1. The first-order valence-corrected chi connectivity index (χ1v) is 6.75. The second kappa shape index (κ2) is 5.10. The van der Waals surface area contributed by atoms with Crippen LogP contribution in [0.3, 0.4) is 0 Å². The minimum Gasteiger partial charge on any atom is -0.338 e. The summed E-state index contributed by atoms with van der Waals surface area (Å²) in [7, 11) is 0. The molecule has 0 spiro atoms. The monoisotopic (exact) mass is 309 g/mol. The Labute approximate surface area is 115 Å². The Morgan fingerprint density at radius 1 is 1.33 bits per heavy atom. The first kappa shape index (κ1) is 13.1. The lowest BCUT2D eigenvalue weighted by Crippen LogP contribution is -2.40. The van der Waals surface area contributed by atoms with Crippen molar-refractivity contribution in [2.24, 2.45) is 4.99 Å². The minimum absolute atomic E-state index is 0.0697. The summed E-state index contributed by atoms with van der Waals surface area (Å²) >= 11 is 3.39. The molecule has 4 nitrogen and oxygen atoms in total. The predicted molar refractivity (Wildman–Crippen MR) is 75.4 cm³/mol. The molecule has 0 saturated carbocycles. The number of nitrogens with one attached hydrogen (secondary N) is 2. The molecule has 0 aromatic heterocycles. The summed E-state index contributed by atoms with van der Waals surface area (Å²) in [5, 5.41) is 5.94. The zero-order valence-electron chi connectivity index (χ0n) is 10.5. The minimum atomic E-state index is -0.743. The van der Waals surface area contributed by atoms with Gasteiger partial charge in [0.2, 0.25) is 0 Å². The molecule has 1 atom stereocenters. The summed E-state index contributed by atoms with van der Waals surface area (Å²) < 4.78 is 0.994. The van der Waals surface area contributed by atoms with Gasteiger partial charge in [-0.05, 0) is 31.0 Å². The van der Waals surface area contributed by atoms with Crippen LogP contribution in [0, 0.1) is 0 Å². The van der Waals surface area contributed by atoms with Gasteiger partial charge in [0.25, 0.3) is 5.91 Å². The van der Waals surface area contributed by atoms with Crippen LogP contribution in [0.15, 0.2) is 33.7 Å². The number of hydrogen-bond acceptors (Lipinski definition) is 2. The molecule has 1 aliphatic rings. The number of hydrogen-bond donors (Lipinski definition) is 2. The quantitative estimate of drug-likeness (QED) is 0.899. The second-order valence-electron chi connectivity index (χ2n) is 4.44. The molecule has 1 unspecified atom stereocenters. The summed E-state index contributed by atoms with van der Waals surface area (Å²) in [5.41, 5.74) is 0.178. The number of rotatable bonds is 3. The smallest absolute Gasteiger partial charge is 0.256 e. The highest BCUT2D eigenvalue weighted by Crippen LogP contribution is 2.25. The van der Waals surface area contributed by atoms with Crippen molar-refractivity contribution in [3.05, 3.63) is 34.3 Å². The van der Waals surface area contributed by atoms with E-state index in [9.17, 15) is 4.79 Å². The Bertz CT molecular complexity index is 484. The van der Waals surface area contributed by atoms with E-state index in [0.29, 0.717) is 12.5 Å². The fourth-order valence-electron chi connectivity index (χ4n) is 1.85. The van der Waals surface area contributed by atoms with Crippen LogP contribution >= 0.6 is 15.9 Å². The third-order valence-corrected chi connectivity index (χ3v) is 3.50. The van der Waals surface area contributed by atoms with Gasteiger partial charge >= 0.3 is 0 Å². The number of nitrogens with zero attached hydrogens (tertiary/aromatic N) is 1. The van der Waals surface area contributed by atoms with Crippen LogP contribution in [0.2, 0.25) is 0 Å². The van der Waals surface area contributed by atoms with E-state index >= 15 is 0 Å². The molecule has 0 aliphatic carbocycles. The lowest BCUT2D eigenvalue weighted by atomic mass is 9.92. The summed E-state index contributed by atoms with van der Waals surface area (Å²) in [6, 6.07) is 7.71. The van der Waals surface area contributed by atoms with E-state index in [1.165, 1.54) is 0 Å². The molecular weight excluding hydrogens is 294 g/mol. The molecule has 1 amide bonds. The van der Waals surface area contributed by atoms with Gasteiger partial charge in [0, 0.05) is 11.0 Å². The maximum atomic E-state index is 12.1. The van der Waals surface area contributed by atoms with E-state index in [0.717, 1.165) is 16.5 Å². The molecule has 18 heavy (non-hydrogen) atoms. The number of guanidine groups is 1. The summed E-state index contributed by atoms with van der Waals surface area (Å²) in [6.45, 7) is 4.62. The Morgan fingerprint density at radius 3 is 2.61 bits per heavy atom. The lowest BCUT2D eigenvalue weighted by Gasteiger charge is -2.21. The van der Waals surface area contributed by atoms with Gasteiger partial charge in [-0.1, -0.05) is 35.0 Å². The van der Waals surface area contributed by atoms with Crippen molar-refractivity contribution in [2.45, 2.75) is 25.8 Å². The van der Waals surface area contributed by atoms with Crippen molar-refractivity contribution in [2.75, 3.05) is 6.54 Å². The van der Waals surface area contributed by atoms with E-state index in [2.05, 4.69) is 38.5 Å². The van der Waals surface area contributed by atoms with Gasteiger partial charge in [-0.2, -0.15) is 0 Å². The SMILES string of the molecule is CCCN=C1NC(=O)C(C)(c2ccc(Br)cc2)N1. The molecule has 1 aromatic rings. The van der Waals surface area contributed by atoms with E-state index in [-0.39, 0.29) is 5.91 Å². The molecule has 5 heteroatoms.